The zero-order chi connectivity index (χ0) is 22.1. The lowest BCUT2D eigenvalue weighted by Crippen LogP contribution is -2.33. The van der Waals surface area contributed by atoms with Gasteiger partial charge in [0.05, 0.1) is 37.6 Å². The third kappa shape index (κ3) is 5.73. The highest BCUT2D eigenvalue weighted by Crippen LogP contribution is 2.24. The van der Waals surface area contributed by atoms with Crippen LogP contribution in [0.2, 0.25) is 0 Å². The Labute approximate surface area is 184 Å². The minimum absolute atomic E-state index is 0.120. The molecule has 2 aromatic carbocycles. The summed E-state index contributed by atoms with van der Waals surface area (Å²) in [5.41, 5.74) is 1.47. The topological polar surface area (TPSA) is 106 Å². The normalized spacial score (nSPS) is 10.4. The fourth-order valence-electron chi connectivity index (χ4n) is 2.81. The van der Waals surface area contributed by atoms with Gasteiger partial charge in [-0.1, -0.05) is 11.8 Å². The quantitative estimate of drug-likeness (QED) is 0.445. The smallest absolute Gasteiger partial charge is 0.237 e. The first-order chi connectivity index (χ1) is 15.2. The Morgan fingerprint density at radius 3 is 2.52 bits per heavy atom. The molecule has 0 spiro atoms. The number of ether oxygens (including phenoxy) is 2. The van der Waals surface area contributed by atoms with Crippen LogP contribution in [0.25, 0.3) is 5.69 Å². The lowest BCUT2D eigenvalue weighted by atomic mass is 10.2. The van der Waals surface area contributed by atoms with E-state index in [0.717, 1.165) is 17.2 Å². The predicted molar refractivity (Wildman–Crippen MR) is 117 cm³/mol. The summed E-state index contributed by atoms with van der Waals surface area (Å²) in [4.78, 5) is 14.5. The molecule has 0 radical (unpaired) electrons. The maximum absolute atomic E-state index is 13.0. The molecule has 0 aliphatic heterocycles. The summed E-state index contributed by atoms with van der Waals surface area (Å²) >= 11 is 1.23. The summed E-state index contributed by atoms with van der Waals surface area (Å²) in [6, 6.07) is 16.6. The molecule has 0 saturated carbocycles. The zero-order valence-electron chi connectivity index (χ0n) is 17.3. The number of methoxy groups -OCH3 is 1. The van der Waals surface area contributed by atoms with Crippen molar-refractivity contribution in [2.24, 2.45) is 0 Å². The van der Waals surface area contributed by atoms with Gasteiger partial charge in [-0.15, -0.1) is 5.10 Å². The molecule has 0 N–H and O–H groups in total. The average molecular weight is 439 g/mol. The van der Waals surface area contributed by atoms with Crippen molar-refractivity contribution in [3.05, 3.63) is 48.5 Å². The van der Waals surface area contributed by atoms with Crippen LogP contribution in [-0.2, 0) is 4.79 Å². The van der Waals surface area contributed by atoms with Gasteiger partial charge in [-0.05, 0) is 65.9 Å². The number of rotatable bonds is 10. The molecule has 1 amide bonds. The fraction of sp³-hybridized carbons (Fsp3) is 0.286. The van der Waals surface area contributed by atoms with E-state index in [1.165, 1.54) is 11.8 Å². The fourth-order valence-corrected chi connectivity index (χ4v) is 3.57. The molecule has 160 valence electrons. The summed E-state index contributed by atoms with van der Waals surface area (Å²) < 4.78 is 12.2. The van der Waals surface area contributed by atoms with E-state index in [-0.39, 0.29) is 18.1 Å². The summed E-state index contributed by atoms with van der Waals surface area (Å²) in [7, 11) is 1.60. The van der Waals surface area contributed by atoms with Crippen molar-refractivity contribution in [2.45, 2.75) is 18.5 Å². The molecule has 0 saturated heterocycles. The minimum Gasteiger partial charge on any atom is -0.497 e. The molecule has 0 atom stereocenters. The van der Waals surface area contributed by atoms with Crippen molar-refractivity contribution in [1.82, 2.24) is 20.2 Å². The Hall–Kier alpha value is -3.58. The highest BCUT2D eigenvalue weighted by molar-refractivity contribution is 7.99. The number of nitrogens with zero attached hydrogens (tertiary/aromatic N) is 6. The van der Waals surface area contributed by atoms with Crippen LogP contribution in [-0.4, -0.2) is 52.1 Å². The number of hydrogen-bond donors (Lipinski definition) is 0. The Balaban J connectivity index is 1.71. The van der Waals surface area contributed by atoms with Crippen molar-refractivity contribution in [3.63, 3.8) is 0 Å². The second kappa shape index (κ2) is 11.0. The van der Waals surface area contributed by atoms with Crippen LogP contribution in [0.5, 0.6) is 11.5 Å². The maximum atomic E-state index is 13.0. The van der Waals surface area contributed by atoms with E-state index in [9.17, 15) is 4.79 Å². The summed E-state index contributed by atoms with van der Waals surface area (Å²) in [6.45, 7) is 2.77. The first kappa shape index (κ1) is 22.1. The van der Waals surface area contributed by atoms with Crippen LogP contribution in [0.15, 0.2) is 53.7 Å². The second-order valence-electron chi connectivity index (χ2n) is 6.24. The zero-order valence-corrected chi connectivity index (χ0v) is 18.1. The standard InChI is InChI=1S/C21H22N6O3S/c1-3-30-19-11-5-16(6-12-19)26(14-4-13-22)20(28)15-31-21-23-24-25-27(21)17-7-9-18(29-2)10-8-17/h5-12H,3-4,14-15H2,1-2H3. The van der Waals surface area contributed by atoms with Gasteiger partial charge >= 0.3 is 0 Å². The lowest BCUT2D eigenvalue weighted by Gasteiger charge is -2.22. The van der Waals surface area contributed by atoms with E-state index in [1.54, 1.807) is 16.7 Å². The average Bonchev–Trinajstić information content (AvgIpc) is 3.28. The molecule has 0 bridgehead atoms. The first-order valence-corrected chi connectivity index (χ1v) is 10.6. The number of carbonyl (C=O) groups excluding carboxylic acids is 1. The molecule has 10 heteroatoms. The van der Waals surface area contributed by atoms with Crippen molar-refractivity contribution in [3.8, 4) is 23.3 Å². The van der Waals surface area contributed by atoms with Crippen molar-refractivity contribution in [1.29, 1.82) is 5.26 Å². The van der Waals surface area contributed by atoms with Crippen LogP contribution in [0.4, 0.5) is 5.69 Å². The maximum Gasteiger partial charge on any atom is 0.237 e. The molecular weight excluding hydrogens is 416 g/mol. The molecule has 1 aromatic heterocycles. The highest BCUT2D eigenvalue weighted by Gasteiger charge is 2.18. The van der Waals surface area contributed by atoms with Crippen LogP contribution in [0.3, 0.4) is 0 Å². The van der Waals surface area contributed by atoms with Gasteiger partial charge in [-0.3, -0.25) is 4.79 Å². The summed E-state index contributed by atoms with van der Waals surface area (Å²) in [6.07, 6.45) is 0.229. The summed E-state index contributed by atoms with van der Waals surface area (Å²) in [5.74, 6) is 1.43. The SMILES string of the molecule is CCOc1ccc(N(CCC#N)C(=O)CSc2nnnn2-c2ccc(OC)cc2)cc1. The van der Waals surface area contributed by atoms with Gasteiger partial charge < -0.3 is 14.4 Å². The number of aromatic nitrogens is 4. The largest absolute Gasteiger partial charge is 0.497 e. The first-order valence-electron chi connectivity index (χ1n) is 9.62. The molecule has 31 heavy (non-hydrogen) atoms. The molecule has 3 aromatic rings. The molecule has 0 aliphatic rings. The van der Waals surface area contributed by atoms with Crippen LogP contribution in [0.1, 0.15) is 13.3 Å². The monoisotopic (exact) mass is 438 g/mol. The Bertz CT molecular complexity index is 1030. The minimum atomic E-state index is -0.145. The number of carbonyl (C=O) groups is 1. The second-order valence-corrected chi connectivity index (χ2v) is 7.18. The number of thioether (sulfide) groups is 1. The van der Waals surface area contributed by atoms with Gasteiger partial charge in [0.15, 0.2) is 0 Å². The van der Waals surface area contributed by atoms with E-state index < -0.39 is 0 Å². The Morgan fingerprint density at radius 2 is 1.87 bits per heavy atom. The molecule has 3 rings (SSSR count). The Morgan fingerprint density at radius 1 is 1.16 bits per heavy atom. The molecule has 9 nitrogen and oxygen atoms in total. The number of anilines is 1. The van der Waals surface area contributed by atoms with Crippen molar-refractivity contribution >= 4 is 23.4 Å². The Kier molecular flexibility index (Phi) is 7.84. The molecule has 0 fully saturated rings. The highest BCUT2D eigenvalue weighted by atomic mass is 32.2. The van der Waals surface area contributed by atoms with E-state index in [2.05, 4.69) is 21.6 Å². The number of benzene rings is 2. The van der Waals surface area contributed by atoms with Crippen LogP contribution < -0.4 is 14.4 Å². The van der Waals surface area contributed by atoms with Gasteiger partial charge in [-0.2, -0.15) is 9.94 Å². The number of hydrogen-bond acceptors (Lipinski definition) is 8. The molecule has 0 unspecified atom stereocenters. The van der Waals surface area contributed by atoms with Crippen molar-refractivity contribution < 1.29 is 14.3 Å². The molecule has 1 heterocycles. The van der Waals surface area contributed by atoms with E-state index in [4.69, 9.17) is 14.7 Å². The predicted octanol–water partition coefficient (Wildman–Crippen LogP) is 3.11. The molecule has 0 aliphatic carbocycles. The van der Waals surface area contributed by atoms with Gasteiger partial charge in [0.1, 0.15) is 11.5 Å². The molecular formula is C21H22N6O3S. The van der Waals surface area contributed by atoms with Crippen molar-refractivity contribution in [2.75, 3.05) is 30.9 Å². The third-order valence-electron chi connectivity index (χ3n) is 4.29. The number of amides is 1. The third-order valence-corrected chi connectivity index (χ3v) is 5.19. The number of nitriles is 1. The van der Waals surface area contributed by atoms with E-state index >= 15 is 0 Å². The van der Waals surface area contributed by atoms with Crippen LogP contribution in [0, 0.1) is 11.3 Å². The lowest BCUT2D eigenvalue weighted by molar-refractivity contribution is -0.116. The van der Waals surface area contributed by atoms with E-state index in [1.807, 2.05) is 55.5 Å². The summed E-state index contributed by atoms with van der Waals surface area (Å²) in [5, 5.41) is 21.2. The number of tetrazole rings is 1. The van der Waals surface area contributed by atoms with Gasteiger partial charge in [0.2, 0.25) is 11.1 Å². The van der Waals surface area contributed by atoms with Gasteiger partial charge in [-0.25, -0.2) is 0 Å². The van der Waals surface area contributed by atoms with E-state index in [0.29, 0.717) is 24.0 Å². The van der Waals surface area contributed by atoms with Crippen LogP contribution >= 0.6 is 11.8 Å². The van der Waals surface area contributed by atoms with Gasteiger partial charge in [0, 0.05) is 12.2 Å². The van der Waals surface area contributed by atoms with Gasteiger partial charge in [0.25, 0.3) is 0 Å².